The van der Waals surface area contributed by atoms with Gasteiger partial charge in [-0.1, -0.05) is 17.8 Å². The van der Waals surface area contributed by atoms with E-state index in [0.717, 1.165) is 16.2 Å². The maximum Gasteiger partial charge on any atom is 0.348 e. The van der Waals surface area contributed by atoms with E-state index in [2.05, 4.69) is 0 Å². The summed E-state index contributed by atoms with van der Waals surface area (Å²) >= 11 is 4.02. The van der Waals surface area contributed by atoms with Crippen LogP contribution in [0.5, 0.6) is 5.75 Å². The fourth-order valence-electron chi connectivity index (χ4n) is 3.90. The van der Waals surface area contributed by atoms with Gasteiger partial charge in [-0.3, -0.25) is 9.36 Å². The van der Waals surface area contributed by atoms with E-state index in [1.165, 1.54) is 23.9 Å². The molecule has 1 aliphatic rings. The van der Waals surface area contributed by atoms with Crippen molar-refractivity contribution in [2.45, 2.75) is 37.9 Å². The summed E-state index contributed by atoms with van der Waals surface area (Å²) in [5.41, 5.74) is 1.67. The SMILES string of the molecule is CCOC(=O)c1sc2nc(SCc3cc(F)cc4c3OCOC4)n(Cc3cccs3)c(=O)c2c1C. The van der Waals surface area contributed by atoms with Crippen LogP contribution in [0.25, 0.3) is 10.2 Å². The molecule has 4 aromatic rings. The molecule has 0 unspecified atom stereocenters. The lowest BCUT2D eigenvalue weighted by Gasteiger charge is -2.21. The number of carbonyl (C=O) groups excluding carboxylic acids is 1. The number of fused-ring (bicyclic) bond motifs is 2. The number of ether oxygens (including phenoxy) is 3. The minimum atomic E-state index is -0.461. The zero-order valence-corrected chi connectivity index (χ0v) is 21.4. The Labute approximate surface area is 212 Å². The minimum Gasteiger partial charge on any atom is -0.467 e. The van der Waals surface area contributed by atoms with Gasteiger partial charge in [0.1, 0.15) is 21.3 Å². The van der Waals surface area contributed by atoms with Crippen molar-refractivity contribution in [3.8, 4) is 5.75 Å². The van der Waals surface area contributed by atoms with Gasteiger partial charge in [0.15, 0.2) is 11.9 Å². The van der Waals surface area contributed by atoms with Crippen molar-refractivity contribution in [2.75, 3.05) is 13.4 Å². The molecule has 0 saturated carbocycles. The molecule has 0 bridgehead atoms. The van der Waals surface area contributed by atoms with Crippen LogP contribution in [0.3, 0.4) is 0 Å². The van der Waals surface area contributed by atoms with Crippen LogP contribution >= 0.6 is 34.4 Å². The molecule has 35 heavy (non-hydrogen) atoms. The Bertz CT molecular complexity index is 1460. The Balaban J connectivity index is 1.58. The molecule has 4 heterocycles. The smallest absolute Gasteiger partial charge is 0.348 e. The van der Waals surface area contributed by atoms with Crippen LogP contribution in [-0.4, -0.2) is 28.9 Å². The Morgan fingerprint density at radius 3 is 3.00 bits per heavy atom. The quantitative estimate of drug-likeness (QED) is 0.180. The molecule has 0 aliphatic carbocycles. The van der Waals surface area contributed by atoms with E-state index in [-0.39, 0.29) is 31.4 Å². The first-order chi connectivity index (χ1) is 17.0. The molecular weight excluding hydrogens is 511 g/mol. The number of nitrogens with zero attached hydrogens (tertiary/aromatic N) is 2. The highest BCUT2D eigenvalue weighted by atomic mass is 32.2. The van der Waals surface area contributed by atoms with E-state index in [1.54, 1.807) is 29.8 Å². The van der Waals surface area contributed by atoms with Gasteiger partial charge < -0.3 is 14.2 Å². The van der Waals surface area contributed by atoms with Crippen LogP contribution < -0.4 is 10.3 Å². The van der Waals surface area contributed by atoms with Crippen molar-refractivity contribution in [3.05, 3.63) is 72.3 Å². The lowest BCUT2D eigenvalue weighted by molar-refractivity contribution is -0.0171. The number of aryl methyl sites for hydroxylation is 1. The number of esters is 1. The second-order valence-corrected chi connectivity index (χ2v) is 10.7. The van der Waals surface area contributed by atoms with Gasteiger partial charge >= 0.3 is 5.97 Å². The fourth-order valence-corrected chi connectivity index (χ4v) is 6.68. The summed E-state index contributed by atoms with van der Waals surface area (Å²) < 4.78 is 31.9. The summed E-state index contributed by atoms with van der Waals surface area (Å²) in [5, 5.41) is 2.85. The van der Waals surface area contributed by atoms with Crippen LogP contribution in [0.1, 0.15) is 38.2 Å². The van der Waals surface area contributed by atoms with E-state index in [4.69, 9.17) is 19.2 Å². The molecule has 11 heteroatoms. The van der Waals surface area contributed by atoms with Gasteiger partial charge in [-0.2, -0.15) is 0 Å². The number of aromatic nitrogens is 2. The topological polar surface area (TPSA) is 79.7 Å². The molecule has 0 saturated heterocycles. The summed E-state index contributed by atoms with van der Waals surface area (Å²) in [6.07, 6.45) is 0. The molecule has 3 aromatic heterocycles. The molecule has 0 amide bonds. The number of benzene rings is 1. The number of halogens is 1. The lowest BCUT2D eigenvalue weighted by atomic mass is 10.1. The molecule has 1 aliphatic heterocycles. The molecule has 1 aromatic carbocycles. The van der Waals surface area contributed by atoms with Gasteiger partial charge in [0.25, 0.3) is 5.56 Å². The van der Waals surface area contributed by atoms with Crippen LogP contribution in [0.4, 0.5) is 4.39 Å². The van der Waals surface area contributed by atoms with Crippen molar-refractivity contribution < 1.29 is 23.4 Å². The number of carbonyl (C=O) groups is 1. The molecule has 0 radical (unpaired) electrons. The second kappa shape index (κ2) is 10.1. The number of rotatable bonds is 7. The van der Waals surface area contributed by atoms with E-state index in [1.807, 2.05) is 17.5 Å². The highest BCUT2D eigenvalue weighted by Gasteiger charge is 2.24. The zero-order valence-electron chi connectivity index (χ0n) is 19.0. The van der Waals surface area contributed by atoms with E-state index in [9.17, 15) is 14.0 Å². The second-order valence-electron chi connectivity index (χ2n) is 7.77. The molecule has 0 N–H and O–H groups in total. The largest absolute Gasteiger partial charge is 0.467 e. The number of thiophene rings is 2. The molecule has 7 nitrogen and oxygen atoms in total. The zero-order chi connectivity index (χ0) is 24.5. The van der Waals surface area contributed by atoms with Crippen LogP contribution in [0.15, 0.2) is 39.6 Å². The third-order valence-corrected chi connectivity index (χ3v) is 8.53. The van der Waals surface area contributed by atoms with Gasteiger partial charge in [0.2, 0.25) is 0 Å². The summed E-state index contributed by atoms with van der Waals surface area (Å²) in [5.74, 6) is 0.116. The average molecular weight is 533 g/mol. The van der Waals surface area contributed by atoms with E-state index in [0.29, 0.717) is 55.0 Å². The molecular formula is C24H21FN2O5S3. The predicted octanol–water partition coefficient (Wildman–Crippen LogP) is 5.35. The number of thioether (sulfide) groups is 1. The van der Waals surface area contributed by atoms with Crippen LogP contribution in [-0.2, 0) is 28.4 Å². The van der Waals surface area contributed by atoms with Crippen LogP contribution in [0.2, 0.25) is 0 Å². The third-order valence-electron chi connectivity index (χ3n) is 5.48. The number of hydrogen-bond acceptors (Lipinski definition) is 9. The maximum absolute atomic E-state index is 14.2. The molecule has 0 fully saturated rings. The fraction of sp³-hybridized carbons (Fsp3) is 0.292. The highest BCUT2D eigenvalue weighted by molar-refractivity contribution is 7.98. The lowest BCUT2D eigenvalue weighted by Crippen LogP contribution is -2.23. The van der Waals surface area contributed by atoms with Crippen molar-refractivity contribution in [1.29, 1.82) is 0 Å². The first-order valence-corrected chi connectivity index (χ1v) is 13.5. The van der Waals surface area contributed by atoms with E-state index < -0.39 is 5.97 Å². The molecule has 182 valence electrons. The average Bonchev–Trinajstić information content (AvgIpc) is 3.47. The first-order valence-electron chi connectivity index (χ1n) is 10.8. The van der Waals surface area contributed by atoms with Gasteiger partial charge in [-0.15, -0.1) is 22.7 Å². The monoisotopic (exact) mass is 532 g/mol. The standard InChI is InChI=1S/C24H21FN2O5S3/c1-3-31-23(29)20-13(2)18-21(35-20)26-24(27(22(18)28)9-17-5-4-6-33-17)34-11-15-8-16(25)7-14-10-30-12-32-19(14)15/h4-8H,3,9-12H2,1-2H3. The van der Waals surface area contributed by atoms with Gasteiger partial charge in [-0.05, 0) is 43.0 Å². The molecule has 0 spiro atoms. The summed E-state index contributed by atoms with van der Waals surface area (Å²) in [7, 11) is 0. The maximum atomic E-state index is 14.2. The third kappa shape index (κ3) is 4.73. The van der Waals surface area contributed by atoms with Crippen LogP contribution in [0, 0.1) is 12.7 Å². The van der Waals surface area contributed by atoms with Gasteiger partial charge in [-0.25, -0.2) is 14.2 Å². The minimum absolute atomic E-state index is 0.106. The Hall–Kier alpha value is -2.73. The first kappa shape index (κ1) is 24.0. The summed E-state index contributed by atoms with van der Waals surface area (Å²) in [6.45, 7) is 4.46. The Kier molecular flexibility index (Phi) is 6.92. The summed E-state index contributed by atoms with van der Waals surface area (Å²) in [4.78, 5) is 32.7. The van der Waals surface area contributed by atoms with Crippen molar-refractivity contribution in [2.24, 2.45) is 0 Å². The Morgan fingerprint density at radius 2 is 2.23 bits per heavy atom. The van der Waals surface area contributed by atoms with Gasteiger partial charge in [0.05, 0.1) is 25.1 Å². The normalized spacial score (nSPS) is 13.0. The molecule has 0 atom stereocenters. The molecule has 5 rings (SSSR count). The highest BCUT2D eigenvalue weighted by Crippen LogP contribution is 2.35. The van der Waals surface area contributed by atoms with Gasteiger partial charge in [0, 0.05) is 21.8 Å². The van der Waals surface area contributed by atoms with Crippen molar-refractivity contribution >= 4 is 50.6 Å². The predicted molar refractivity (Wildman–Crippen MR) is 134 cm³/mol. The van der Waals surface area contributed by atoms with Crippen molar-refractivity contribution in [3.63, 3.8) is 0 Å². The van der Waals surface area contributed by atoms with E-state index >= 15 is 0 Å². The Morgan fingerprint density at radius 1 is 1.37 bits per heavy atom. The summed E-state index contributed by atoms with van der Waals surface area (Å²) in [6, 6.07) is 6.73. The number of hydrogen-bond donors (Lipinski definition) is 0. The van der Waals surface area contributed by atoms with Crippen molar-refractivity contribution in [1.82, 2.24) is 9.55 Å².